The fraction of sp³-hybridized carbons (Fsp3) is 0.238. The maximum atomic E-state index is 12.2. The number of aryl methyl sites for hydroxylation is 2. The normalized spacial score (nSPS) is 12.7. The molecule has 3 amide bonds. The molecule has 0 saturated heterocycles. The molecule has 28 heavy (non-hydrogen) atoms. The number of amides is 3. The Balaban J connectivity index is 1.46. The van der Waals surface area contributed by atoms with Crippen LogP contribution in [0.1, 0.15) is 38.3 Å². The van der Waals surface area contributed by atoms with Gasteiger partial charge in [0, 0.05) is 12.2 Å². The Morgan fingerprint density at radius 3 is 2.21 bits per heavy atom. The molecule has 1 heterocycles. The van der Waals surface area contributed by atoms with Crippen LogP contribution in [-0.2, 0) is 14.3 Å². The number of esters is 1. The van der Waals surface area contributed by atoms with Gasteiger partial charge in [0.2, 0.25) is 0 Å². The Hall–Kier alpha value is -3.48. The second-order valence-corrected chi connectivity index (χ2v) is 6.57. The van der Waals surface area contributed by atoms with Crippen LogP contribution in [0.3, 0.4) is 0 Å². The zero-order chi connectivity index (χ0) is 20.3. The van der Waals surface area contributed by atoms with Gasteiger partial charge in [-0.2, -0.15) is 0 Å². The van der Waals surface area contributed by atoms with Crippen molar-refractivity contribution in [3.05, 3.63) is 64.7 Å². The topological polar surface area (TPSA) is 92.8 Å². The molecule has 0 aromatic heterocycles. The Labute approximate surface area is 162 Å². The average molecular weight is 380 g/mol. The summed E-state index contributed by atoms with van der Waals surface area (Å²) in [5, 5.41) is 2.65. The highest BCUT2D eigenvalue weighted by Gasteiger charge is 2.35. The van der Waals surface area contributed by atoms with E-state index in [-0.39, 0.29) is 13.0 Å². The van der Waals surface area contributed by atoms with Crippen LogP contribution in [0.4, 0.5) is 5.69 Å². The van der Waals surface area contributed by atoms with Crippen LogP contribution in [0, 0.1) is 13.8 Å². The molecule has 1 aliphatic rings. The van der Waals surface area contributed by atoms with E-state index in [0.717, 1.165) is 16.0 Å². The van der Waals surface area contributed by atoms with E-state index < -0.39 is 30.3 Å². The van der Waals surface area contributed by atoms with Gasteiger partial charge < -0.3 is 10.1 Å². The number of carbonyl (C=O) groups excluding carboxylic acids is 4. The second-order valence-electron chi connectivity index (χ2n) is 6.57. The second kappa shape index (κ2) is 8.04. The van der Waals surface area contributed by atoms with Gasteiger partial charge in [-0.15, -0.1) is 0 Å². The number of fused-ring (bicyclic) bond motifs is 1. The number of imide groups is 1. The maximum Gasteiger partial charge on any atom is 0.308 e. The Bertz CT molecular complexity index is 932. The standard InChI is InChI=1S/C21H20N2O5/c1-13-7-8-15(11-14(13)2)22-18(24)12-28-19(25)9-10-23-20(26)16-5-3-4-6-17(16)21(23)27/h3-8,11H,9-10,12H2,1-2H3,(H,22,24). The van der Waals surface area contributed by atoms with E-state index in [9.17, 15) is 19.2 Å². The quantitative estimate of drug-likeness (QED) is 0.614. The Morgan fingerprint density at radius 1 is 0.964 bits per heavy atom. The molecule has 0 bridgehead atoms. The van der Waals surface area contributed by atoms with Crippen molar-refractivity contribution in [2.45, 2.75) is 20.3 Å². The van der Waals surface area contributed by atoms with Crippen molar-refractivity contribution in [1.29, 1.82) is 0 Å². The number of nitrogens with zero attached hydrogens (tertiary/aromatic N) is 1. The molecule has 0 atom stereocenters. The van der Waals surface area contributed by atoms with Gasteiger partial charge >= 0.3 is 5.97 Å². The van der Waals surface area contributed by atoms with Gasteiger partial charge in [-0.05, 0) is 49.2 Å². The van der Waals surface area contributed by atoms with Gasteiger partial charge in [0.15, 0.2) is 6.61 Å². The molecule has 1 N–H and O–H groups in total. The largest absolute Gasteiger partial charge is 0.456 e. The van der Waals surface area contributed by atoms with E-state index in [0.29, 0.717) is 16.8 Å². The summed E-state index contributed by atoms with van der Waals surface area (Å²) in [4.78, 5) is 49.3. The molecule has 7 nitrogen and oxygen atoms in total. The molecule has 0 saturated carbocycles. The van der Waals surface area contributed by atoms with Crippen LogP contribution in [0.15, 0.2) is 42.5 Å². The molecule has 7 heteroatoms. The van der Waals surface area contributed by atoms with E-state index in [1.165, 1.54) is 0 Å². The van der Waals surface area contributed by atoms with Crippen molar-refractivity contribution >= 4 is 29.4 Å². The number of ether oxygens (including phenoxy) is 1. The minimum Gasteiger partial charge on any atom is -0.456 e. The third-order valence-electron chi connectivity index (χ3n) is 4.57. The van der Waals surface area contributed by atoms with Gasteiger partial charge in [0.05, 0.1) is 17.5 Å². The summed E-state index contributed by atoms with van der Waals surface area (Å²) in [6, 6.07) is 12.0. The van der Waals surface area contributed by atoms with Crippen LogP contribution < -0.4 is 5.32 Å². The SMILES string of the molecule is Cc1ccc(NC(=O)COC(=O)CCN2C(=O)c3ccccc3C2=O)cc1C. The summed E-state index contributed by atoms with van der Waals surface area (Å²) in [6.45, 7) is 3.37. The first-order valence-corrected chi connectivity index (χ1v) is 8.85. The minimum absolute atomic E-state index is 0.0933. The highest BCUT2D eigenvalue weighted by Crippen LogP contribution is 2.22. The van der Waals surface area contributed by atoms with Crippen LogP contribution >= 0.6 is 0 Å². The van der Waals surface area contributed by atoms with Crippen LogP contribution in [0.2, 0.25) is 0 Å². The molecule has 2 aromatic carbocycles. The Morgan fingerprint density at radius 2 is 1.61 bits per heavy atom. The zero-order valence-electron chi connectivity index (χ0n) is 15.7. The number of rotatable bonds is 6. The van der Waals surface area contributed by atoms with Crippen LogP contribution in [0.5, 0.6) is 0 Å². The fourth-order valence-electron chi connectivity index (χ4n) is 2.88. The van der Waals surface area contributed by atoms with Crippen molar-refractivity contribution in [3.8, 4) is 0 Å². The smallest absolute Gasteiger partial charge is 0.308 e. The molecule has 1 aliphatic heterocycles. The number of hydrogen-bond acceptors (Lipinski definition) is 5. The molecule has 0 aliphatic carbocycles. The molecule has 2 aromatic rings. The van der Waals surface area contributed by atoms with Crippen molar-refractivity contribution in [3.63, 3.8) is 0 Å². The van der Waals surface area contributed by atoms with Crippen molar-refractivity contribution in [2.75, 3.05) is 18.5 Å². The first-order valence-electron chi connectivity index (χ1n) is 8.85. The minimum atomic E-state index is -0.660. The van der Waals surface area contributed by atoms with Crippen molar-refractivity contribution < 1.29 is 23.9 Å². The van der Waals surface area contributed by atoms with E-state index in [1.54, 1.807) is 30.3 Å². The summed E-state index contributed by atoms with van der Waals surface area (Å²) in [6.07, 6.45) is -0.178. The van der Waals surface area contributed by atoms with Crippen LogP contribution in [-0.4, -0.2) is 41.7 Å². The van der Waals surface area contributed by atoms with Gasteiger partial charge in [-0.1, -0.05) is 18.2 Å². The Kier molecular flexibility index (Phi) is 5.54. The summed E-state index contributed by atoms with van der Waals surface area (Å²) in [7, 11) is 0. The van der Waals surface area contributed by atoms with E-state index in [4.69, 9.17) is 4.74 Å². The lowest BCUT2D eigenvalue weighted by Gasteiger charge is -2.13. The zero-order valence-corrected chi connectivity index (χ0v) is 15.7. The maximum absolute atomic E-state index is 12.2. The third-order valence-corrected chi connectivity index (χ3v) is 4.57. The average Bonchev–Trinajstić information content (AvgIpc) is 2.92. The highest BCUT2D eigenvalue weighted by molar-refractivity contribution is 6.21. The summed E-state index contributed by atoms with van der Waals surface area (Å²) < 4.78 is 4.94. The predicted octanol–water partition coefficient (Wildman–Crippen LogP) is 2.47. The van der Waals surface area contributed by atoms with Crippen molar-refractivity contribution in [2.24, 2.45) is 0 Å². The number of benzene rings is 2. The number of carbonyl (C=O) groups is 4. The number of hydrogen-bond donors (Lipinski definition) is 1. The lowest BCUT2D eigenvalue weighted by molar-refractivity contribution is -0.147. The number of anilines is 1. The van der Waals surface area contributed by atoms with E-state index >= 15 is 0 Å². The molecular weight excluding hydrogens is 360 g/mol. The summed E-state index contributed by atoms with van der Waals surface area (Å²) >= 11 is 0. The molecule has 0 radical (unpaired) electrons. The third kappa shape index (κ3) is 4.09. The molecule has 0 spiro atoms. The molecular formula is C21H20N2O5. The molecule has 0 unspecified atom stereocenters. The summed E-state index contributed by atoms with van der Waals surface area (Å²) in [5.74, 6) is -1.98. The van der Waals surface area contributed by atoms with Crippen molar-refractivity contribution in [1.82, 2.24) is 4.90 Å². The molecule has 144 valence electrons. The lowest BCUT2D eigenvalue weighted by atomic mass is 10.1. The van der Waals surface area contributed by atoms with Crippen LogP contribution in [0.25, 0.3) is 0 Å². The van der Waals surface area contributed by atoms with E-state index in [2.05, 4.69) is 5.32 Å². The number of nitrogens with one attached hydrogen (secondary N) is 1. The van der Waals surface area contributed by atoms with Gasteiger partial charge in [-0.25, -0.2) is 0 Å². The van der Waals surface area contributed by atoms with Gasteiger partial charge in [0.25, 0.3) is 17.7 Å². The molecule has 3 rings (SSSR count). The highest BCUT2D eigenvalue weighted by atomic mass is 16.5. The first kappa shape index (κ1) is 19.3. The fourth-order valence-corrected chi connectivity index (χ4v) is 2.88. The monoisotopic (exact) mass is 380 g/mol. The predicted molar refractivity (Wildman–Crippen MR) is 102 cm³/mol. The lowest BCUT2D eigenvalue weighted by Crippen LogP contribution is -2.32. The van der Waals surface area contributed by atoms with Gasteiger partial charge in [0.1, 0.15) is 0 Å². The van der Waals surface area contributed by atoms with Gasteiger partial charge in [-0.3, -0.25) is 24.1 Å². The summed E-state index contributed by atoms with van der Waals surface area (Å²) in [5.41, 5.74) is 3.42. The first-order chi connectivity index (χ1) is 13.4. The molecule has 0 fully saturated rings. The van der Waals surface area contributed by atoms with E-state index in [1.807, 2.05) is 26.0 Å².